The molecular formula is C16H18N2O3S2. The topological polar surface area (TPSA) is 66.8 Å². The summed E-state index contributed by atoms with van der Waals surface area (Å²) in [4.78, 5) is 18.4. The van der Waals surface area contributed by atoms with E-state index >= 15 is 0 Å². The van der Waals surface area contributed by atoms with Crippen molar-refractivity contribution in [2.24, 2.45) is 10.9 Å². The number of aryl methyl sites for hydroxylation is 1. The summed E-state index contributed by atoms with van der Waals surface area (Å²) in [6.45, 7) is 2.01. The zero-order valence-corrected chi connectivity index (χ0v) is 14.4. The van der Waals surface area contributed by atoms with Gasteiger partial charge in [-0.05, 0) is 31.9 Å². The van der Waals surface area contributed by atoms with Crippen molar-refractivity contribution in [3.63, 3.8) is 0 Å². The maximum absolute atomic E-state index is 12.1. The number of rotatable bonds is 2. The standard InChI is InChI=1S/C16H18N2O3S2/c1-10-2-6-12(7-3-10)18-13-8-23(20,21)9-14(13)22-16(18)17-15(19)11-4-5-11/h2-3,6-7,11,13-14H,4-5,8-9H2,1H3/t13-,14-/m0/s1. The van der Waals surface area contributed by atoms with Crippen LogP contribution in [0, 0.1) is 12.8 Å². The van der Waals surface area contributed by atoms with Crippen LogP contribution in [0.15, 0.2) is 29.3 Å². The fourth-order valence-corrected chi connectivity index (χ4v) is 7.01. The first-order valence-electron chi connectivity index (χ1n) is 7.78. The van der Waals surface area contributed by atoms with Crippen molar-refractivity contribution in [1.29, 1.82) is 0 Å². The van der Waals surface area contributed by atoms with Crippen LogP contribution in [0.2, 0.25) is 0 Å². The van der Waals surface area contributed by atoms with Gasteiger partial charge in [0.2, 0.25) is 0 Å². The Morgan fingerprint density at radius 3 is 2.57 bits per heavy atom. The molecule has 2 saturated heterocycles. The lowest BCUT2D eigenvalue weighted by molar-refractivity contribution is -0.118. The molecule has 1 amide bonds. The minimum absolute atomic E-state index is 0.0351. The summed E-state index contributed by atoms with van der Waals surface area (Å²) in [6, 6.07) is 7.81. The van der Waals surface area contributed by atoms with Gasteiger partial charge in [0.1, 0.15) is 0 Å². The second kappa shape index (κ2) is 5.34. The van der Waals surface area contributed by atoms with Gasteiger partial charge in [-0.1, -0.05) is 29.5 Å². The number of amides is 1. The van der Waals surface area contributed by atoms with E-state index in [0.29, 0.717) is 5.17 Å². The van der Waals surface area contributed by atoms with E-state index in [4.69, 9.17) is 0 Å². The average molecular weight is 350 g/mol. The number of benzene rings is 1. The third kappa shape index (κ3) is 2.92. The second-order valence-electron chi connectivity index (χ2n) is 6.51. The average Bonchev–Trinajstić information content (AvgIpc) is 3.22. The fourth-order valence-electron chi connectivity index (χ4n) is 3.09. The monoisotopic (exact) mass is 350 g/mol. The van der Waals surface area contributed by atoms with E-state index in [-0.39, 0.29) is 34.6 Å². The molecule has 2 aliphatic heterocycles. The molecule has 1 saturated carbocycles. The first kappa shape index (κ1) is 15.2. The fraction of sp³-hybridized carbons (Fsp3) is 0.500. The summed E-state index contributed by atoms with van der Waals surface area (Å²) < 4.78 is 24.0. The number of fused-ring (bicyclic) bond motifs is 1. The largest absolute Gasteiger partial charge is 0.316 e. The van der Waals surface area contributed by atoms with Crippen molar-refractivity contribution in [2.75, 3.05) is 16.4 Å². The van der Waals surface area contributed by atoms with Gasteiger partial charge in [-0.15, -0.1) is 0 Å². The Morgan fingerprint density at radius 1 is 1.22 bits per heavy atom. The zero-order valence-electron chi connectivity index (χ0n) is 12.8. The third-order valence-corrected chi connectivity index (χ3v) is 7.72. The Morgan fingerprint density at radius 2 is 1.91 bits per heavy atom. The molecule has 5 nitrogen and oxygen atoms in total. The zero-order chi connectivity index (χ0) is 16.2. The summed E-state index contributed by atoms with van der Waals surface area (Å²) in [5.74, 6) is 0.316. The van der Waals surface area contributed by atoms with Crippen molar-refractivity contribution < 1.29 is 13.2 Å². The Labute approximate surface area is 140 Å². The molecule has 0 spiro atoms. The van der Waals surface area contributed by atoms with E-state index in [1.165, 1.54) is 11.8 Å². The van der Waals surface area contributed by atoms with Crippen LogP contribution in [0.3, 0.4) is 0 Å². The molecule has 3 fully saturated rings. The van der Waals surface area contributed by atoms with Gasteiger partial charge >= 0.3 is 0 Å². The number of aliphatic imine (C=N–C) groups is 1. The number of anilines is 1. The molecule has 2 heterocycles. The van der Waals surface area contributed by atoms with Crippen LogP contribution < -0.4 is 4.90 Å². The van der Waals surface area contributed by atoms with E-state index in [1.54, 1.807) is 0 Å². The summed E-state index contributed by atoms with van der Waals surface area (Å²) in [5, 5.41) is 0.628. The minimum atomic E-state index is -3.01. The van der Waals surface area contributed by atoms with Crippen molar-refractivity contribution in [3.05, 3.63) is 29.8 Å². The molecule has 0 bridgehead atoms. The first-order chi connectivity index (χ1) is 10.9. The number of thioether (sulfide) groups is 1. The lowest BCUT2D eigenvalue weighted by atomic mass is 10.1. The van der Waals surface area contributed by atoms with Crippen molar-refractivity contribution in [3.8, 4) is 0 Å². The molecule has 0 N–H and O–H groups in total. The summed E-state index contributed by atoms with van der Waals surface area (Å²) in [7, 11) is -3.01. The lowest BCUT2D eigenvalue weighted by Gasteiger charge is -2.24. The molecule has 3 aliphatic rings. The number of sulfone groups is 1. The SMILES string of the molecule is Cc1ccc(N2C(=NC(=O)C3CC3)S[C@H]3CS(=O)(=O)C[C@@H]32)cc1. The normalized spacial score (nSPS) is 30.7. The van der Waals surface area contributed by atoms with Crippen LogP contribution >= 0.6 is 11.8 Å². The molecule has 1 aromatic rings. The van der Waals surface area contributed by atoms with E-state index in [1.807, 2.05) is 36.1 Å². The quantitative estimate of drug-likeness (QED) is 0.816. The van der Waals surface area contributed by atoms with Crippen molar-refractivity contribution in [1.82, 2.24) is 0 Å². The van der Waals surface area contributed by atoms with E-state index in [9.17, 15) is 13.2 Å². The van der Waals surface area contributed by atoms with Gasteiger partial charge in [-0.3, -0.25) is 4.79 Å². The molecule has 0 radical (unpaired) electrons. The molecule has 122 valence electrons. The number of carbonyl (C=O) groups excluding carboxylic acids is 1. The van der Waals surface area contributed by atoms with Crippen LogP contribution in [-0.4, -0.2) is 42.3 Å². The first-order valence-corrected chi connectivity index (χ1v) is 10.5. The molecule has 23 heavy (non-hydrogen) atoms. The number of carbonyl (C=O) groups is 1. The second-order valence-corrected chi connectivity index (χ2v) is 9.87. The van der Waals surface area contributed by atoms with Gasteiger partial charge in [0.05, 0.1) is 17.5 Å². The van der Waals surface area contributed by atoms with Gasteiger partial charge in [0, 0.05) is 16.9 Å². The van der Waals surface area contributed by atoms with Crippen molar-refractivity contribution >= 4 is 38.4 Å². The molecule has 2 atom stereocenters. The minimum Gasteiger partial charge on any atom is -0.316 e. The Balaban J connectivity index is 1.71. The predicted molar refractivity (Wildman–Crippen MR) is 92.6 cm³/mol. The molecule has 1 aromatic carbocycles. The molecule has 7 heteroatoms. The van der Waals surface area contributed by atoms with E-state index in [0.717, 1.165) is 24.1 Å². The summed E-state index contributed by atoms with van der Waals surface area (Å²) in [6.07, 6.45) is 1.85. The smallest absolute Gasteiger partial charge is 0.251 e. The molecule has 0 unspecified atom stereocenters. The predicted octanol–water partition coefficient (Wildman–Crippen LogP) is 2.01. The highest BCUT2D eigenvalue weighted by atomic mass is 32.2. The Bertz CT molecular complexity index is 782. The van der Waals surface area contributed by atoms with E-state index < -0.39 is 9.84 Å². The van der Waals surface area contributed by atoms with Gasteiger partial charge in [0.15, 0.2) is 15.0 Å². The lowest BCUT2D eigenvalue weighted by Crippen LogP contribution is -2.37. The van der Waals surface area contributed by atoms with Gasteiger partial charge in [0.25, 0.3) is 5.91 Å². The van der Waals surface area contributed by atoms with Crippen LogP contribution in [-0.2, 0) is 14.6 Å². The van der Waals surface area contributed by atoms with Gasteiger partial charge < -0.3 is 4.90 Å². The molecule has 0 aromatic heterocycles. The van der Waals surface area contributed by atoms with Crippen molar-refractivity contribution in [2.45, 2.75) is 31.1 Å². The molecule has 1 aliphatic carbocycles. The molecular weight excluding hydrogens is 332 g/mol. The van der Waals surface area contributed by atoms with Crippen LogP contribution in [0.1, 0.15) is 18.4 Å². The summed E-state index contributed by atoms with van der Waals surface area (Å²) in [5.41, 5.74) is 2.05. The highest BCUT2D eigenvalue weighted by Crippen LogP contribution is 2.41. The number of amidine groups is 1. The van der Waals surface area contributed by atoms with Crippen LogP contribution in [0.5, 0.6) is 0 Å². The number of nitrogens with zero attached hydrogens (tertiary/aromatic N) is 2. The number of hydrogen-bond acceptors (Lipinski definition) is 4. The van der Waals surface area contributed by atoms with Gasteiger partial charge in [-0.25, -0.2) is 8.42 Å². The maximum atomic E-state index is 12.1. The highest BCUT2D eigenvalue weighted by molar-refractivity contribution is 8.16. The summed E-state index contributed by atoms with van der Waals surface area (Å²) >= 11 is 1.44. The third-order valence-electron chi connectivity index (χ3n) is 4.51. The Hall–Kier alpha value is -1.34. The highest BCUT2D eigenvalue weighted by Gasteiger charge is 2.49. The Kier molecular flexibility index (Phi) is 3.53. The van der Waals surface area contributed by atoms with Crippen LogP contribution in [0.25, 0.3) is 0 Å². The van der Waals surface area contributed by atoms with Crippen LogP contribution in [0.4, 0.5) is 5.69 Å². The van der Waals surface area contributed by atoms with Gasteiger partial charge in [-0.2, -0.15) is 4.99 Å². The maximum Gasteiger partial charge on any atom is 0.251 e. The number of hydrogen-bond donors (Lipinski definition) is 0. The molecule has 4 rings (SSSR count). The van der Waals surface area contributed by atoms with E-state index in [2.05, 4.69) is 4.99 Å².